The Kier molecular flexibility index (Phi) is 9.96. The molecule has 8 heteroatoms. The van der Waals surface area contributed by atoms with E-state index in [1.807, 2.05) is 44.9 Å². The van der Waals surface area contributed by atoms with Crippen LogP contribution in [0.3, 0.4) is 0 Å². The van der Waals surface area contributed by atoms with Crippen LogP contribution in [0.2, 0.25) is 5.02 Å². The number of hydrogen-bond acceptors (Lipinski definition) is 3. The molecule has 0 atom stereocenters. The molecule has 0 aliphatic carbocycles. The van der Waals surface area contributed by atoms with Crippen molar-refractivity contribution >= 4 is 41.5 Å². The van der Waals surface area contributed by atoms with Gasteiger partial charge in [-0.1, -0.05) is 23.7 Å². The average Bonchev–Trinajstić information content (AvgIpc) is 3.06. The van der Waals surface area contributed by atoms with Gasteiger partial charge in [-0.15, -0.1) is 24.0 Å². The highest BCUT2D eigenvalue weighted by Gasteiger charge is 2.35. The van der Waals surface area contributed by atoms with E-state index in [9.17, 15) is 0 Å². The molecule has 1 saturated heterocycles. The third-order valence-corrected chi connectivity index (χ3v) is 6.07. The first-order chi connectivity index (χ1) is 14.5. The van der Waals surface area contributed by atoms with Crippen molar-refractivity contribution in [1.82, 2.24) is 14.8 Å². The largest absolute Gasteiger partial charge is 0.494 e. The van der Waals surface area contributed by atoms with Gasteiger partial charge in [0.1, 0.15) is 5.75 Å². The van der Waals surface area contributed by atoms with Gasteiger partial charge >= 0.3 is 0 Å². The minimum absolute atomic E-state index is 0. The van der Waals surface area contributed by atoms with Gasteiger partial charge in [-0.2, -0.15) is 0 Å². The molecular weight excluding hydrogens is 527 g/mol. The molecule has 1 fully saturated rings. The van der Waals surface area contributed by atoms with Crippen molar-refractivity contribution in [1.29, 1.82) is 0 Å². The number of nitrogens with one attached hydrogen (secondary N) is 1. The molecule has 0 bridgehead atoms. The molecule has 172 valence electrons. The Morgan fingerprint density at radius 2 is 1.97 bits per heavy atom. The number of aliphatic imine (C=N–C) groups is 1. The molecular formula is C23H34ClIN4O2. The van der Waals surface area contributed by atoms with Crippen molar-refractivity contribution in [2.45, 2.75) is 31.7 Å². The zero-order chi connectivity index (χ0) is 21.6. The van der Waals surface area contributed by atoms with Crippen molar-refractivity contribution in [3.8, 4) is 5.75 Å². The summed E-state index contributed by atoms with van der Waals surface area (Å²) in [5.41, 5.74) is 2.46. The highest BCUT2D eigenvalue weighted by Crippen LogP contribution is 2.35. The lowest BCUT2D eigenvalue weighted by molar-refractivity contribution is 0.0512. The number of guanidine groups is 1. The van der Waals surface area contributed by atoms with Crippen LogP contribution in [0.5, 0.6) is 5.75 Å². The second-order valence-electron chi connectivity index (χ2n) is 7.87. The van der Waals surface area contributed by atoms with E-state index in [1.54, 1.807) is 0 Å². The molecule has 0 spiro atoms. The van der Waals surface area contributed by atoms with Gasteiger partial charge in [0.15, 0.2) is 5.96 Å². The quantitative estimate of drug-likeness (QED) is 0.309. The third kappa shape index (κ3) is 6.52. The summed E-state index contributed by atoms with van der Waals surface area (Å²) in [5.74, 6) is 1.78. The van der Waals surface area contributed by atoms with Crippen LogP contribution in [0.25, 0.3) is 0 Å². The molecule has 2 heterocycles. The molecule has 0 saturated carbocycles. The predicted octanol–water partition coefficient (Wildman–Crippen LogP) is 4.45. The number of aromatic nitrogens is 1. The maximum Gasteiger partial charge on any atom is 0.193 e. The van der Waals surface area contributed by atoms with Crippen LogP contribution in [0.4, 0.5) is 0 Å². The average molecular weight is 561 g/mol. The summed E-state index contributed by atoms with van der Waals surface area (Å²) in [7, 11) is 5.88. The third-order valence-electron chi connectivity index (χ3n) is 5.86. The Morgan fingerprint density at radius 1 is 1.29 bits per heavy atom. The Morgan fingerprint density at radius 3 is 2.52 bits per heavy atom. The van der Waals surface area contributed by atoms with Crippen molar-refractivity contribution in [2.24, 2.45) is 12.0 Å². The van der Waals surface area contributed by atoms with Crippen LogP contribution in [-0.2, 0) is 23.7 Å². The lowest BCUT2D eigenvalue weighted by Crippen LogP contribution is -2.48. The van der Waals surface area contributed by atoms with Crippen molar-refractivity contribution in [3.05, 3.63) is 52.8 Å². The first-order valence-corrected chi connectivity index (χ1v) is 10.9. The fourth-order valence-electron chi connectivity index (χ4n) is 4.08. The molecule has 1 N–H and O–H groups in total. The van der Waals surface area contributed by atoms with Crippen LogP contribution in [0.15, 0.2) is 41.5 Å². The molecule has 31 heavy (non-hydrogen) atoms. The number of halogens is 2. The normalized spacial score (nSPS) is 15.8. The van der Waals surface area contributed by atoms with E-state index in [0.29, 0.717) is 6.61 Å². The van der Waals surface area contributed by atoms with Gasteiger partial charge in [0, 0.05) is 58.2 Å². The smallest absolute Gasteiger partial charge is 0.193 e. The van der Waals surface area contributed by atoms with Gasteiger partial charge < -0.3 is 24.3 Å². The lowest BCUT2D eigenvalue weighted by Gasteiger charge is -2.39. The molecule has 3 rings (SSSR count). The molecule has 0 radical (unpaired) electrons. The minimum Gasteiger partial charge on any atom is -0.494 e. The summed E-state index contributed by atoms with van der Waals surface area (Å²) in [6.45, 7) is 5.74. The molecule has 1 aliphatic rings. The van der Waals surface area contributed by atoms with E-state index < -0.39 is 0 Å². The first kappa shape index (κ1) is 25.8. The Hall–Kier alpha value is -1.45. The number of rotatable bonds is 7. The summed E-state index contributed by atoms with van der Waals surface area (Å²) < 4.78 is 13.3. The van der Waals surface area contributed by atoms with Crippen LogP contribution in [-0.4, -0.2) is 55.9 Å². The molecule has 1 aromatic heterocycles. The number of ether oxygens (including phenoxy) is 2. The fraction of sp³-hybridized carbons (Fsp3) is 0.522. The van der Waals surface area contributed by atoms with Gasteiger partial charge in [-0.3, -0.25) is 4.99 Å². The van der Waals surface area contributed by atoms with Gasteiger partial charge in [-0.05, 0) is 43.5 Å². The molecule has 6 nitrogen and oxygen atoms in total. The second-order valence-corrected chi connectivity index (χ2v) is 8.30. The second kappa shape index (κ2) is 12.0. The van der Waals surface area contributed by atoms with Crippen molar-refractivity contribution < 1.29 is 9.47 Å². The number of benzene rings is 1. The Bertz CT molecular complexity index is 848. The number of nitrogens with zero attached hydrogens (tertiary/aromatic N) is 3. The van der Waals surface area contributed by atoms with Crippen molar-refractivity contribution in [2.75, 3.05) is 40.5 Å². The summed E-state index contributed by atoms with van der Waals surface area (Å²) in [6, 6.07) is 10.5. The Balaban J connectivity index is 0.00000341. The minimum atomic E-state index is 0. The van der Waals surface area contributed by atoms with Gasteiger partial charge in [0.25, 0.3) is 0 Å². The van der Waals surface area contributed by atoms with E-state index >= 15 is 0 Å². The SMILES string of the molecule is CCOc1ccc(C2(CNC(=NC)N(C)Cc3cc(Cl)cn3C)CCOCC2)cc1.I. The molecule has 1 aliphatic heterocycles. The molecule has 0 amide bonds. The maximum absolute atomic E-state index is 6.14. The topological polar surface area (TPSA) is 51.0 Å². The summed E-state index contributed by atoms with van der Waals surface area (Å²) in [4.78, 5) is 6.63. The highest BCUT2D eigenvalue weighted by molar-refractivity contribution is 14.0. The summed E-state index contributed by atoms with van der Waals surface area (Å²) in [6.07, 6.45) is 3.87. The van der Waals surface area contributed by atoms with Crippen LogP contribution < -0.4 is 10.1 Å². The van der Waals surface area contributed by atoms with Crippen LogP contribution >= 0.6 is 35.6 Å². The summed E-state index contributed by atoms with van der Waals surface area (Å²) >= 11 is 6.14. The van der Waals surface area contributed by atoms with E-state index in [4.69, 9.17) is 21.1 Å². The van der Waals surface area contributed by atoms with Gasteiger partial charge in [-0.25, -0.2) is 0 Å². The predicted molar refractivity (Wildman–Crippen MR) is 138 cm³/mol. The first-order valence-electron chi connectivity index (χ1n) is 10.5. The zero-order valence-electron chi connectivity index (χ0n) is 18.9. The summed E-state index contributed by atoms with van der Waals surface area (Å²) in [5, 5.41) is 4.36. The van der Waals surface area contributed by atoms with E-state index in [1.165, 1.54) is 5.56 Å². The molecule has 1 aromatic carbocycles. The number of hydrogen-bond donors (Lipinski definition) is 1. The fourth-order valence-corrected chi connectivity index (χ4v) is 4.35. The van der Waals surface area contributed by atoms with Crippen LogP contribution in [0, 0.1) is 0 Å². The monoisotopic (exact) mass is 560 g/mol. The standard InChI is InChI=1S/C23H33ClN4O2.HI/c1-5-30-21-8-6-18(7-9-21)23(10-12-29-13-11-23)17-26-22(25-2)28(4)16-20-14-19(24)15-27(20)3;/h6-9,14-15H,5,10-13,16-17H2,1-4H3,(H,25,26);1H. The van der Waals surface area contributed by atoms with Gasteiger partial charge in [0.2, 0.25) is 0 Å². The molecule has 2 aromatic rings. The van der Waals surface area contributed by atoms with Crippen LogP contribution in [0.1, 0.15) is 31.0 Å². The van der Waals surface area contributed by atoms with Crippen molar-refractivity contribution in [3.63, 3.8) is 0 Å². The maximum atomic E-state index is 6.14. The lowest BCUT2D eigenvalue weighted by atomic mass is 9.74. The zero-order valence-corrected chi connectivity index (χ0v) is 21.9. The highest BCUT2D eigenvalue weighted by atomic mass is 127. The van der Waals surface area contributed by atoms with E-state index in [0.717, 1.165) is 61.6 Å². The molecule has 0 unspecified atom stereocenters. The van der Waals surface area contributed by atoms with E-state index in [-0.39, 0.29) is 29.4 Å². The number of aryl methyl sites for hydroxylation is 1. The van der Waals surface area contributed by atoms with E-state index in [2.05, 4.69) is 39.5 Å². The van der Waals surface area contributed by atoms with Gasteiger partial charge in [0.05, 0.1) is 18.2 Å². The Labute approximate surface area is 208 Å².